The fourth-order valence-electron chi connectivity index (χ4n) is 2.29. The lowest BCUT2D eigenvalue weighted by Gasteiger charge is -2.12. The molecular formula is C15H18BrN5. The first-order valence-corrected chi connectivity index (χ1v) is 7.75. The number of rotatable bonds is 4. The van der Waals surface area contributed by atoms with Crippen LogP contribution in [0.1, 0.15) is 35.7 Å². The van der Waals surface area contributed by atoms with Gasteiger partial charge in [0.1, 0.15) is 17.5 Å². The van der Waals surface area contributed by atoms with E-state index in [0.29, 0.717) is 11.7 Å². The predicted octanol–water partition coefficient (Wildman–Crippen LogP) is 3.76. The maximum Gasteiger partial charge on any atom is 0.145 e. The van der Waals surface area contributed by atoms with E-state index in [-0.39, 0.29) is 0 Å². The standard InChI is InChI=1S/C15H18BrN5/c1-8-5-11(6-9(2)14(8)16)18-12-7-13(21-17)20-15(19-12)10-3-4-10/h5-7,10H,3-4,17H2,1-2H3,(H2,18,19,20,21). The van der Waals surface area contributed by atoms with Gasteiger partial charge in [-0.3, -0.25) is 0 Å². The lowest BCUT2D eigenvalue weighted by atomic mass is 10.1. The Labute approximate surface area is 132 Å². The largest absolute Gasteiger partial charge is 0.340 e. The second kappa shape index (κ2) is 5.61. The fraction of sp³-hybridized carbons (Fsp3) is 0.333. The number of hydrazine groups is 1. The van der Waals surface area contributed by atoms with E-state index < -0.39 is 0 Å². The van der Waals surface area contributed by atoms with Crippen molar-refractivity contribution in [2.45, 2.75) is 32.6 Å². The van der Waals surface area contributed by atoms with Crippen molar-refractivity contribution in [3.8, 4) is 0 Å². The van der Waals surface area contributed by atoms with Crippen molar-refractivity contribution >= 4 is 33.3 Å². The van der Waals surface area contributed by atoms with Gasteiger partial charge in [0.15, 0.2) is 0 Å². The highest BCUT2D eigenvalue weighted by Gasteiger charge is 2.27. The fourth-order valence-corrected chi connectivity index (χ4v) is 2.52. The number of hydrogen-bond donors (Lipinski definition) is 3. The van der Waals surface area contributed by atoms with Crippen LogP contribution in [0.25, 0.3) is 0 Å². The zero-order valence-corrected chi connectivity index (χ0v) is 13.7. The van der Waals surface area contributed by atoms with Crippen molar-refractivity contribution in [1.82, 2.24) is 9.97 Å². The van der Waals surface area contributed by atoms with E-state index in [1.807, 2.05) is 6.07 Å². The second-order valence-electron chi connectivity index (χ2n) is 5.46. The molecule has 0 bridgehead atoms. The molecule has 110 valence electrons. The van der Waals surface area contributed by atoms with Crippen LogP contribution in [0.3, 0.4) is 0 Å². The van der Waals surface area contributed by atoms with Gasteiger partial charge in [0, 0.05) is 22.1 Å². The highest BCUT2D eigenvalue weighted by atomic mass is 79.9. The second-order valence-corrected chi connectivity index (χ2v) is 6.26. The van der Waals surface area contributed by atoms with Crippen molar-refractivity contribution in [3.63, 3.8) is 0 Å². The third-order valence-electron chi connectivity index (χ3n) is 3.54. The third-order valence-corrected chi connectivity index (χ3v) is 4.79. The Morgan fingerprint density at radius 2 is 1.71 bits per heavy atom. The molecule has 0 saturated heterocycles. The minimum absolute atomic E-state index is 0.479. The van der Waals surface area contributed by atoms with Gasteiger partial charge in [-0.25, -0.2) is 15.8 Å². The summed E-state index contributed by atoms with van der Waals surface area (Å²) in [6, 6.07) is 6.00. The zero-order valence-electron chi connectivity index (χ0n) is 12.1. The summed E-state index contributed by atoms with van der Waals surface area (Å²) in [6.45, 7) is 4.15. The molecule has 1 aliphatic carbocycles. The molecule has 1 fully saturated rings. The van der Waals surface area contributed by atoms with Gasteiger partial charge < -0.3 is 10.7 Å². The number of hydrogen-bond acceptors (Lipinski definition) is 5. The smallest absolute Gasteiger partial charge is 0.145 e. The van der Waals surface area contributed by atoms with Crippen LogP contribution in [0.5, 0.6) is 0 Å². The monoisotopic (exact) mass is 347 g/mol. The Hall–Kier alpha value is -1.66. The molecular weight excluding hydrogens is 330 g/mol. The molecule has 0 radical (unpaired) electrons. The van der Waals surface area contributed by atoms with Crippen LogP contribution >= 0.6 is 15.9 Å². The van der Waals surface area contributed by atoms with Crippen LogP contribution in [0, 0.1) is 13.8 Å². The molecule has 0 unspecified atom stereocenters. The van der Waals surface area contributed by atoms with Crippen LogP contribution in [0.15, 0.2) is 22.7 Å². The quantitative estimate of drug-likeness (QED) is 0.579. The van der Waals surface area contributed by atoms with E-state index in [4.69, 9.17) is 5.84 Å². The van der Waals surface area contributed by atoms with Crippen LogP contribution in [0.2, 0.25) is 0 Å². The zero-order chi connectivity index (χ0) is 15.0. The normalized spacial score (nSPS) is 14.1. The van der Waals surface area contributed by atoms with Gasteiger partial charge in [0.25, 0.3) is 0 Å². The molecule has 0 atom stereocenters. The highest BCUT2D eigenvalue weighted by Crippen LogP contribution is 2.39. The first kappa shape index (κ1) is 14.3. The van der Waals surface area contributed by atoms with Crippen LogP contribution in [-0.4, -0.2) is 9.97 Å². The Morgan fingerprint density at radius 3 is 2.29 bits per heavy atom. The van der Waals surface area contributed by atoms with Crippen molar-refractivity contribution < 1.29 is 0 Å². The van der Waals surface area contributed by atoms with E-state index in [1.54, 1.807) is 0 Å². The SMILES string of the molecule is Cc1cc(Nc2cc(NN)nc(C3CC3)n2)cc(C)c1Br. The number of nitrogen functional groups attached to an aromatic ring is 1. The number of halogens is 1. The summed E-state index contributed by atoms with van der Waals surface area (Å²) in [5, 5.41) is 3.34. The summed E-state index contributed by atoms with van der Waals surface area (Å²) in [6.07, 6.45) is 2.31. The lowest BCUT2D eigenvalue weighted by molar-refractivity contribution is 0.929. The Morgan fingerprint density at radius 1 is 1.10 bits per heavy atom. The van der Waals surface area contributed by atoms with Gasteiger partial charge in [-0.2, -0.15) is 0 Å². The van der Waals surface area contributed by atoms with Crippen molar-refractivity contribution in [3.05, 3.63) is 39.6 Å². The predicted molar refractivity (Wildman–Crippen MR) is 88.7 cm³/mol. The first-order valence-electron chi connectivity index (χ1n) is 6.96. The van der Waals surface area contributed by atoms with Crippen LogP contribution in [0.4, 0.5) is 17.3 Å². The molecule has 0 amide bonds. The van der Waals surface area contributed by atoms with Gasteiger partial charge in [-0.1, -0.05) is 15.9 Å². The number of aryl methyl sites for hydroxylation is 2. The van der Waals surface area contributed by atoms with E-state index >= 15 is 0 Å². The summed E-state index contributed by atoms with van der Waals surface area (Å²) in [5.41, 5.74) is 5.99. The summed E-state index contributed by atoms with van der Waals surface area (Å²) in [5.74, 6) is 8.24. The molecule has 1 saturated carbocycles. The molecule has 1 aromatic carbocycles. The molecule has 5 nitrogen and oxygen atoms in total. The van der Waals surface area contributed by atoms with E-state index in [1.165, 1.54) is 11.1 Å². The molecule has 6 heteroatoms. The van der Waals surface area contributed by atoms with Gasteiger partial charge in [-0.15, -0.1) is 0 Å². The average Bonchev–Trinajstić information content (AvgIpc) is 3.29. The van der Waals surface area contributed by atoms with Crippen LogP contribution in [-0.2, 0) is 0 Å². The summed E-state index contributed by atoms with van der Waals surface area (Å²) in [4.78, 5) is 9.00. The van der Waals surface area contributed by atoms with Crippen molar-refractivity contribution in [2.24, 2.45) is 5.84 Å². The minimum Gasteiger partial charge on any atom is -0.340 e. The Balaban J connectivity index is 1.92. The van der Waals surface area contributed by atoms with E-state index in [2.05, 4.69) is 62.6 Å². The molecule has 2 aromatic rings. The maximum atomic E-state index is 5.50. The number of aromatic nitrogens is 2. The Kier molecular flexibility index (Phi) is 3.82. The highest BCUT2D eigenvalue weighted by molar-refractivity contribution is 9.10. The van der Waals surface area contributed by atoms with Gasteiger partial charge in [0.2, 0.25) is 0 Å². The number of anilines is 3. The molecule has 1 aromatic heterocycles. The maximum absolute atomic E-state index is 5.50. The topological polar surface area (TPSA) is 75.9 Å². The molecule has 0 spiro atoms. The molecule has 3 rings (SSSR count). The number of nitrogens with zero attached hydrogens (tertiary/aromatic N) is 2. The van der Waals surface area contributed by atoms with Gasteiger partial charge in [0.05, 0.1) is 0 Å². The van der Waals surface area contributed by atoms with E-state index in [9.17, 15) is 0 Å². The Bertz CT molecular complexity index is 659. The summed E-state index contributed by atoms with van der Waals surface area (Å²) in [7, 11) is 0. The number of nitrogens with one attached hydrogen (secondary N) is 2. The minimum atomic E-state index is 0.479. The van der Waals surface area contributed by atoms with Crippen molar-refractivity contribution in [2.75, 3.05) is 10.7 Å². The van der Waals surface area contributed by atoms with Crippen molar-refractivity contribution in [1.29, 1.82) is 0 Å². The van der Waals surface area contributed by atoms with Crippen LogP contribution < -0.4 is 16.6 Å². The molecule has 1 heterocycles. The van der Waals surface area contributed by atoms with Gasteiger partial charge >= 0.3 is 0 Å². The molecule has 4 N–H and O–H groups in total. The lowest BCUT2D eigenvalue weighted by Crippen LogP contribution is -2.11. The molecule has 1 aliphatic rings. The molecule has 21 heavy (non-hydrogen) atoms. The number of benzene rings is 1. The first-order chi connectivity index (χ1) is 10.1. The number of nitrogens with two attached hydrogens (primary N) is 1. The summed E-state index contributed by atoms with van der Waals surface area (Å²) < 4.78 is 1.14. The summed E-state index contributed by atoms with van der Waals surface area (Å²) >= 11 is 3.58. The third kappa shape index (κ3) is 3.16. The van der Waals surface area contributed by atoms with E-state index in [0.717, 1.165) is 34.6 Å². The van der Waals surface area contributed by atoms with Gasteiger partial charge in [-0.05, 0) is 49.9 Å². The average molecular weight is 348 g/mol. The molecule has 0 aliphatic heterocycles.